The van der Waals surface area contributed by atoms with E-state index in [1.54, 1.807) is 18.2 Å². The van der Waals surface area contributed by atoms with Crippen LogP contribution in [-0.2, 0) is 15.6 Å². The zero-order valence-electron chi connectivity index (χ0n) is 20.6. The topological polar surface area (TPSA) is 106 Å². The van der Waals surface area contributed by atoms with Gasteiger partial charge >= 0.3 is 12.1 Å². The minimum atomic E-state index is -3.58. The molecule has 0 aliphatic heterocycles. The van der Waals surface area contributed by atoms with Crippen LogP contribution >= 0.6 is 0 Å². The number of nitrogen functional groups attached to an aromatic ring is 2. The highest BCUT2D eigenvalue weighted by atomic mass is 19.3. The summed E-state index contributed by atoms with van der Waals surface area (Å²) in [7, 11) is 0. The Kier molecular flexibility index (Phi) is 10.3. The van der Waals surface area contributed by atoms with Gasteiger partial charge in [0.15, 0.2) is 0 Å². The highest BCUT2D eigenvalue weighted by Gasteiger charge is 2.34. The lowest BCUT2D eigenvalue weighted by molar-refractivity contribution is -0.185. The summed E-state index contributed by atoms with van der Waals surface area (Å²) in [6.07, 6.45) is 0.0477. The van der Waals surface area contributed by atoms with Crippen LogP contribution < -0.4 is 25.7 Å². The molecule has 0 saturated carbocycles. The van der Waals surface area contributed by atoms with Crippen molar-refractivity contribution in [3.8, 4) is 17.2 Å². The third kappa shape index (κ3) is 8.95. The molecule has 202 valence electrons. The van der Waals surface area contributed by atoms with Crippen LogP contribution in [0.3, 0.4) is 0 Å². The van der Waals surface area contributed by atoms with Gasteiger partial charge in [-0.05, 0) is 79.1 Å². The number of benzene rings is 3. The second-order valence-corrected chi connectivity index (χ2v) is 8.10. The highest BCUT2D eigenvalue weighted by molar-refractivity contribution is 5.87. The van der Waals surface area contributed by atoms with E-state index in [4.69, 9.17) is 30.4 Å². The molecule has 0 amide bonds. The fraction of sp³-hybridized carbons (Fsp3) is 0.250. The van der Waals surface area contributed by atoms with Gasteiger partial charge < -0.3 is 30.4 Å². The molecule has 3 aromatic rings. The molecule has 0 fully saturated rings. The number of alkyl halides is 3. The van der Waals surface area contributed by atoms with Crippen LogP contribution in [0.25, 0.3) is 6.08 Å². The average molecular weight is 531 g/mol. The number of halogens is 3. The molecular weight excluding hydrogens is 501 g/mol. The lowest BCUT2D eigenvalue weighted by Crippen LogP contribution is -2.21. The van der Waals surface area contributed by atoms with Gasteiger partial charge in [-0.15, -0.1) is 0 Å². The molecular formula is C28H29F3N2O5. The first-order valence-electron chi connectivity index (χ1n) is 11.9. The van der Waals surface area contributed by atoms with E-state index in [0.717, 1.165) is 0 Å². The van der Waals surface area contributed by atoms with E-state index >= 15 is 0 Å². The van der Waals surface area contributed by atoms with E-state index in [0.29, 0.717) is 47.9 Å². The van der Waals surface area contributed by atoms with E-state index in [1.807, 2.05) is 0 Å². The molecule has 4 N–H and O–H groups in total. The predicted molar refractivity (Wildman–Crippen MR) is 139 cm³/mol. The van der Waals surface area contributed by atoms with Crippen LogP contribution in [0.4, 0.5) is 24.5 Å². The molecule has 0 aliphatic carbocycles. The van der Waals surface area contributed by atoms with Gasteiger partial charge in [0.05, 0.1) is 24.5 Å². The number of rotatable bonds is 14. The van der Waals surface area contributed by atoms with E-state index in [1.165, 1.54) is 60.7 Å². The Hall–Kier alpha value is -4.34. The zero-order chi connectivity index (χ0) is 27.4. The summed E-state index contributed by atoms with van der Waals surface area (Å²) in [5.41, 5.74) is 12.5. The number of hydrogen-bond acceptors (Lipinski definition) is 7. The van der Waals surface area contributed by atoms with Gasteiger partial charge in [0.25, 0.3) is 0 Å². The van der Waals surface area contributed by atoms with Crippen LogP contribution in [0.1, 0.15) is 24.0 Å². The van der Waals surface area contributed by atoms with Crippen molar-refractivity contribution in [1.82, 2.24) is 0 Å². The first-order chi connectivity index (χ1) is 18.3. The molecule has 0 spiro atoms. The maximum Gasteiger partial charge on any atom is 0.426 e. The number of nitrogens with two attached hydrogens (primary N) is 2. The SMILES string of the molecule is Nc1ccc(OCCOC(=O)/C=C/c2ccc(OC(F)(F)c3ccc(OCCCCF)cc3)cc2)c(N)c1. The Morgan fingerprint density at radius 1 is 0.842 bits per heavy atom. The van der Waals surface area contributed by atoms with Crippen LogP contribution in [0.15, 0.2) is 72.8 Å². The number of esters is 1. The molecule has 3 aromatic carbocycles. The normalized spacial score (nSPS) is 11.3. The predicted octanol–water partition coefficient (Wildman–Crippen LogP) is 5.74. The van der Waals surface area contributed by atoms with Gasteiger partial charge in [-0.1, -0.05) is 12.1 Å². The molecule has 0 bridgehead atoms. The minimum Gasteiger partial charge on any atom is -0.494 e. The molecule has 0 aliphatic rings. The summed E-state index contributed by atoms with van der Waals surface area (Å²) >= 11 is 0. The quantitative estimate of drug-likeness (QED) is 0.118. The molecule has 0 aromatic heterocycles. The molecule has 0 heterocycles. The molecule has 0 saturated heterocycles. The molecule has 0 radical (unpaired) electrons. The number of carbonyl (C=O) groups excluding carboxylic acids is 1. The Morgan fingerprint density at radius 2 is 1.55 bits per heavy atom. The molecule has 3 rings (SSSR count). The van der Waals surface area contributed by atoms with Crippen molar-refractivity contribution in [1.29, 1.82) is 0 Å². The minimum absolute atomic E-state index is 0.00109. The summed E-state index contributed by atoms with van der Waals surface area (Å²) in [6.45, 7) is -0.0108. The highest BCUT2D eigenvalue weighted by Crippen LogP contribution is 2.32. The largest absolute Gasteiger partial charge is 0.494 e. The van der Waals surface area contributed by atoms with Crippen molar-refractivity contribution in [2.45, 2.75) is 19.0 Å². The summed E-state index contributed by atoms with van der Waals surface area (Å²) in [5.74, 6) is 0.198. The van der Waals surface area contributed by atoms with Crippen LogP contribution in [0, 0.1) is 0 Å². The first-order valence-corrected chi connectivity index (χ1v) is 11.9. The van der Waals surface area contributed by atoms with E-state index in [2.05, 4.69) is 0 Å². The lowest BCUT2D eigenvalue weighted by Gasteiger charge is -2.18. The van der Waals surface area contributed by atoms with Crippen molar-refractivity contribution in [2.24, 2.45) is 0 Å². The second kappa shape index (κ2) is 13.8. The van der Waals surface area contributed by atoms with Crippen molar-refractivity contribution in [3.05, 3.63) is 83.9 Å². The summed E-state index contributed by atoms with van der Waals surface area (Å²) < 4.78 is 62.0. The number of anilines is 2. The molecule has 0 unspecified atom stereocenters. The third-order valence-corrected chi connectivity index (χ3v) is 5.14. The number of ether oxygens (including phenoxy) is 4. The van der Waals surface area contributed by atoms with Crippen molar-refractivity contribution in [2.75, 3.05) is 38.0 Å². The Balaban J connectivity index is 1.44. The summed E-state index contributed by atoms with van der Waals surface area (Å²) in [4.78, 5) is 11.9. The van der Waals surface area contributed by atoms with E-state index < -0.39 is 18.8 Å². The maximum atomic E-state index is 14.6. The van der Waals surface area contributed by atoms with Gasteiger partial charge in [-0.2, -0.15) is 8.78 Å². The Labute approximate surface area is 218 Å². The smallest absolute Gasteiger partial charge is 0.426 e. The number of unbranched alkanes of at least 4 members (excludes halogenated alkanes) is 1. The van der Waals surface area contributed by atoms with Gasteiger partial charge in [0.2, 0.25) is 0 Å². The van der Waals surface area contributed by atoms with Crippen molar-refractivity contribution in [3.63, 3.8) is 0 Å². The van der Waals surface area contributed by atoms with Crippen molar-refractivity contribution < 1.29 is 36.9 Å². The standard InChI is InChI=1S/C28H29F3N2O5/c29-15-1-2-16-35-23-11-6-21(7-12-23)28(30,31)38-24-9-3-20(4-10-24)5-14-27(34)37-18-17-36-26-13-8-22(32)19-25(26)33/h3-14,19H,1-2,15-18,32-33H2/b14-5+. The monoisotopic (exact) mass is 530 g/mol. The van der Waals surface area contributed by atoms with Crippen molar-refractivity contribution >= 4 is 23.4 Å². The van der Waals surface area contributed by atoms with Crippen LogP contribution in [0.2, 0.25) is 0 Å². The van der Waals surface area contributed by atoms with E-state index in [9.17, 15) is 18.0 Å². The van der Waals surface area contributed by atoms with Gasteiger partial charge in [0, 0.05) is 11.8 Å². The van der Waals surface area contributed by atoms with Gasteiger partial charge in [-0.3, -0.25) is 4.39 Å². The summed E-state index contributed by atoms with van der Waals surface area (Å²) in [5, 5.41) is 0. The molecule has 38 heavy (non-hydrogen) atoms. The van der Waals surface area contributed by atoms with Crippen LogP contribution in [0.5, 0.6) is 17.2 Å². The zero-order valence-corrected chi connectivity index (χ0v) is 20.6. The second-order valence-electron chi connectivity index (χ2n) is 8.10. The van der Waals surface area contributed by atoms with Gasteiger partial charge in [-0.25, -0.2) is 4.79 Å². The lowest BCUT2D eigenvalue weighted by atomic mass is 10.2. The Bertz CT molecular complexity index is 1200. The molecule has 7 nitrogen and oxygen atoms in total. The fourth-order valence-corrected chi connectivity index (χ4v) is 3.19. The third-order valence-electron chi connectivity index (χ3n) is 5.14. The van der Waals surface area contributed by atoms with Crippen LogP contribution in [-0.4, -0.2) is 32.5 Å². The molecule has 0 atom stereocenters. The average Bonchev–Trinajstić information content (AvgIpc) is 2.90. The number of hydrogen-bond donors (Lipinski definition) is 2. The fourth-order valence-electron chi connectivity index (χ4n) is 3.19. The van der Waals surface area contributed by atoms with E-state index in [-0.39, 0.29) is 24.5 Å². The Morgan fingerprint density at radius 3 is 2.24 bits per heavy atom. The first kappa shape index (κ1) is 28.2. The number of carbonyl (C=O) groups is 1. The summed E-state index contributed by atoms with van der Waals surface area (Å²) in [6, 6.07) is 15.9. The maximum absolute atomic E-state index is 14.6. The van der Waals surface area contributed by atoms with Gasteiger partial charge in [0.1, 0.15) is 30.5 Å². The molecule has 10 heteroatoms.